The second kappa shape index (κ2) is 8.83. The topological polar surface area (TPSA) is 69.7 Å². The zero-order chi connectivity index (χ0) is 22.0. The van der Waals surface area contributed by atoms with Gasteiger partial charge in [-0.05, 0) is 37.1 Å². The van der Waals surface area contributed by atoms with E-state index in [4.69, 9.17) is 0 Å². The smallest absolute Gasteiger partial charge is 0.229 e. The van der Waals surface area contributed by atoms with Gasteiger partial charge in [-0.25, -0.2) is 8.78 Å². The Labute approximate surface area is 178 Å². The Bertz CT molecular complexity index is 979. The number of likely N-dealkylation sites (tertiary alicyclic amines) is 1. The average Bonchev–Trinajstić information content (AvgIpc) is 3.15. The number of nitrogens with zero attached hydrogens (tertiary/aromatic N) is 2. The third-order valence-electron chi connectivity index (χ3n) is 5.78. The molecule has 6 nitrogen and oxygen atoms in total. The summed E-state index contributed by atoms with van der Waals surface area (Å²) in [5.41, 5.74) is 0.812. The van der Waals surface area contributed by atoms with Gasteiger partial charge in [0.2, 0.25) is 17.7 Å². The Balaban J connectivity index is 1.40. The van der Waals surface area contributed by atoms with Gasteiger partial charge in [0.25, 0.3) is 0 Å². The van der Waals surface area contributed by atoms with Crippen LogP contribution in [0.3, 0.4) is 0 Å². The summed E-state index contributed by atoms with van der Waals surface area (Å²) in [4.78, 5) is 41.0. The minimum Gasteiger partial charge on any atom is -0.342 e. The second-order valence-corrected chi connectivity index (χ2v) is 8.01. The summed E-state index contributed by atoms with van der Waals surface area (Å²) in [6.07, 6.45) is 1.35. The van der Waals surface area contributed by atoms with E-state index >= 15 is 0 Å². The first-order valence-corrected chi connectivity index (χ1v) is 10.3. The van der Waals surface area contributed by atoms with Crippen molar-refractivity contribution in [1.82, 2.24) is 4.90 Å². The van der Waals surface area contributed by atoms with Crippen molar-refractivity contribution in [3.8, 4) is 0 Å². The van der Waals surface area contributed by atoms with Crippen LogP contribution in [0.1, 0.15) is 19.3 Å². The standard InChI is InChI=1S/C23H23F2N3O3/c24-17-10-18(25)12-20(11-17)28-14-16(9-21(28)29)23(31)27-8-4-5-15(13-27)22(30)26-19-6-2-1-3-7-19/h1-3,6-7,10-12,15-16H,4-5,8-9,13-14H2,(H,26,30). The van der Waals surface area contributed by atoms with E-state index in [9.17, 15) is 23.2 Å². The Kier molecular flexibility index (Phi) is 5.97. The fourth-order valence-electron chi connectivity index (χ4n) is 4.23. The molecule has 1 N–H and O–H groups in total. The number of halogens is 2. The Hall–Kier alpha value is -3.29. The summed E-state index contributed by atoms with van der Waals surface area (Å²) in [5.74, 6) is -3.17. The number of amides is 3. The van der Waals surface area contributed by atoms with E-state index < -0.39 is 17.6 Å². The Morgan fingerprint density at radius 1 is 0.968 bits per heavy atom. The highest BCUT2D eigenvalue weighted by atomic mass is 19.1. The summed E-state index contributed by atoms with van der Waals surface area (Å²) in [6.45, 7) is 0.877. The maximum Gasteiger partial charge on any atom is 0.229 e. The van der Waals surface area contributed by atoms with E-state index in [-0.39, 0.29) is 48.8 Å². The molecule has 8 heteroatoms. The number of piperidine rings is 1. The van der Waals surface area contributed by atoms with Gasteiger partial charge in [-0.3, -0.25) is 14.4 Å². The predicted molar refractivity (Wildman–Crippen MR) is 111 cm³/mol. The van der Waals surface area contributed by atoms with Crippen LogP contribution in [-0.2, 0) is 14.4 Å². The molecule has 2 aliphatic heterocycles. The lowest BCUT2D eigenvalue weighted by molar-refractivity contribution is -0.138. The zero-order valence-electron chi connectivity index (χ0n) is 16.9. The molecule has 2 unspecified atom stereocenters. The number of benzene rings is 2. The molecule has 3 amide bonds. The molecule has 31 heavy (non-hydrogen) atoms. The van der Waals surface area contributed by atoms with Crippen molar-refractivity contribution in [3.63, 3.8) is 0 Å². The van der Waals surface area contributed by atoms with Crippen LogP contribution in [0.5, 0.6) is 0 Å². The van der Waals surface area contributed by atoms with Crippen molar-refractivity contribution in [2.75, 3.05) is 29.9 Å². The molecule has 0 saturated carbocycles. The third-order valence-corrected chi connectivity index (χ3v) is 5.78. The molecular weight excluding hydrogens is 404 g/mol. The quantitative estimate of drug-likeness (QED) is 0.815. The number of para-hydroxylation sites is 1. The molecule has 0 aliphatic carbocycles. The maximum absolute atomic E-state index is 13.5. The molecule has 0 spiro atoms. The lowest BCUT2D eigenvalue weighted by atomic mass is 9.95. The third kappa shape index (κ3) is 4.73. The number of hydrogen-bond acceptors (Lipinski definition) is 3. The van der Waals surface area contributed by atoms with Gasteiger partial charge in [0.15, 0.2) is 0 Å². The van der Waals surface area contributed by atoms with Crippen LogP contribution in [0, 0.1) is 23.5 Å². The molecule has 162 valence electrons. The van der Waals surface area contributed by atoms with E-state index in [1.165, 1.54) is 4.90 Å². The van der Waals surface area contributed by atoms with E-state index in [1.54, 1.807) is 17.0 Å². The van der Waals surface area contributed by atoms with E-state index in [0.29, 0.717) is 25.1 Å². The summed E-state index contributed by atoms with van der Waals surface area (Å²) in [6, 6.07) is 12.0. The Morgan fingerprint density at radius 2 is 1.68 bits per heavy atom. The first-order chi connectivity index (χ1) is 14.9. The molecule has 2 saturated heterocycles. The molecule has 2 aromatic rings. The van der Waals surface area contributed by atoms with Crippen molar-refractivity contribution in [1.29, 1.82) is 0 Å². The zero-order valence-corrected chi connectivity index (χ0v) is 16.9. The minimum absolute atomic E-state index is 0.0195. The predicted octanol–water partition coefficient (Wildman–Crippen LogP) is 3.20. The maximum atomic E-state index is 13.5. The van der Waals surface area contributed by atoms with Crippen LogP contribution < -0.4 is 10.2 Å². The number of rotatable bonds is 4. The van der Waals surface area contributed by atoms with Gasteiger partial charge in [0.05, 0.1) is 11.8 Å². The van der Waals surface area contributed by atoms with Crippen molar-refractivity contribution in [3.05, 3.63) is 60.2 Å². The molecule has 0 aromatic heterocycles. The van der Waals surface area contributed by atoms with Crippen LogP contribution in [0.4, 0.5) is 20.2 Å². The van der Waals surface area contributed by atoms with Crippen LogP contribution in [0.25, 0.3) is 0 Å². The summed E-state index contributed by atoms with van der Waals surface area (Å²) in [5, 5.41) is 2.88. The van der Waals surface area contributed by atoms with Gasteiger partial charge in [-0.1, -0.05) is 18.2 Å². The van der Waals surface area contributed by atoms with E-state index in [2.05, 4.69) is 5.32 Å². The molecule has 2 aliphatic rings. The largest absolute Gasteiger partial charge is 0.342 e. The lowest BCUT2D eigenvalue weighted by Gasteiger charge is -2.33. The first kappa shape index (κ1) is 21.0. The highest BCUT2D eigenvalue weighted by Gasteiger charge is 2.39. The van der Waals surface area contributed by atoms with Gasteiger partial charge in [-0.15, -0.1) is 0 Å². The van der Waals surface area contributed by atoms with E-state index in [0.717, 1.165) is 18.2 Å². The van der Waals surface area contributed by atoms with E-state index in [1.807, 2.05) is 18.2 Å². The van der Waals surface area contributed by atoms with Gasteiger partial charge in [0, 0.05) is 43.5 Å². The summed E-state index contributed by atoms with van der Waals surface area (Å²) in [7, 11) is 0. The summed E-state index contributed by atoms with van der Waals surface area (Å²) < 4.78 is 27.1. The van der Waals surface area contributed by atoms with Crippen molar-refractivity contribution >= 4 is 29.1 Å². The van der Waals surface area contributed by atoms with Crippen LogP contribution in [0.2, 0.25) is 0 Å². The number of anilines is 2. The number of carbonyl (C=O) groups is 3. The molecular formula is C23H23F2N3O3. The van der Waals surface area contributed by atoms with Gasteiger partial charge in [-0.2, -0.15) is 0 Å². The SMILES string of the molecule is O=C(Nc1ccccc1)C1CCCN(C(=O)C2CC(=O)N(c3cc(F)cc(F)c3)C2)C1. The molecule has 0 bridgehead atoms. The van der Waals surface area contributed by atoms with Crippen LogP contribution >= 0.6 is 0 Å². The molecule has 2 atom stereocenters. The molecule has 2 fully saturated rings. The first-order valence-electron chi connectivity index (χ1n) is 10.3. The normalized spacial score (nSPS) is 21.3. The van der Waals surface area contributed by atoms with Crippen molar-refractivity contribution in [2.24, 2.45) is 11.8 Å². The highest BCUT2D eigenvalue weighted by molar-refractivity contribution is 6.00. The van der Waals surface area contributed by atoms with Crippen molar-refractivity contribution < 1.29 is 23.2 Å². The van der Waals surface area contributed by atoms with Gasteiger partial charge < -0.3 is 15.1 Å². The fraction of sp³-hybridized carbons (Fsp3) is 0.348. The molecule has 2 aromatic carbocycles. The Morgan fingerprint density at radius 3 is 2.39 bits per heavy atom. The number of hydrogen-bond donors (Lipinski definition) is 1. The molecule has 2 heterocycles. The van der Waals surface area contributed by atoms with Crippen molar-refractivity contribution in [2.45, 2.75) is 19.3 Å². The second-order valence-electron chi connectivity index (χ2n) is 8.01. The average molecular weight is 427 g/mol. The van der Waals surface area contributed by atoms with Gasteiger partial charge >= 0.3 is 0 Å². The van der Waals surface area contributed by atoms with Gasteiger partial charge in [0.1, 0.15) is 11.6 Å². The lowest BCUT2D eigenvalue weighted by Crippen LogP contribution is -2.46. The number of nitrogens with one attached hydrogen (secondary N) is 1. The highest BCUT2D eigenvalue weighted by Crippen LogP contribution is 2.29. The summed E-state index contributed by atoms with van der Waals surface area (Å²) >= 11 is 0. The number of carbonyl (C=O) groups excluding carboxylic acids is 3. The fourth-order valence-corrected chi connectivity index (χ4v) is 4.23. The minimum atomic E-state index is -0.777. The molecule has 0 radical (unpaired) electrons. The molecule has 4 rings (SSSR count). The van der Waals surface area contributed by atoms with Crippen LogP contribution in [0.15, 0.2) is 48.5 Å². The van der Waals surface area contributed by atoms with Crippen LogP contribution in [-0.4, -0.2) is 42.3 Å². The monoisotopic (exact) mass is 427 g/mol.